The molecule has 106 valence electrons. The second-order valence-corrected chi connectivity index (χ2v) is 4.16. The number of rotatable bonds is 5. The van der Waals surface area contributed by atoms with Gasteiger partial charge in [-0.25, -0.2) is 4.39 Å². The molecule has 0 aliphatic carbocycles. The highest BCUT2D eigenvalue weighted by atomic mass is 19.1. The molecule has 3 N–H and O–H groups in total. The minimum absolute atomic E-state index is 0.243. The van der Waals surface area contributed by atoms with Gasteiger partial charge in [0.2, 0.25) is 0 Å². The molecule has 0 spiro atoms. The zero-order valence-corrected chi connectivity index (χ0v) is 11.4. The molecule has 0 atom stereocenters. The summed E-state index contributed by atoms with van der Waals surface area (Å²) in [5.41, 5.74) is 7.68. The van der Waals surface area contributed by atoms with Gasteiger partial charge in [0.1, 0.15) is 5.75 Å². The predicted molar refractivity (Wildman–Crippen MR) is 78.3 cm³/mol. The van der Waals surface area contributed by atoms with Crippen LogP contribution >= 0.6 is 0 Å². The van der Waals surface area contributed by atoms with E-state index < -0.39 is 5.82 Å². The van der Waals surface area contributed by atoms with Crippen LogP contribution in [0.5, 0.6) is 11.5 Å². The maximum absolute atomic E-state index is 13.7. The Morgan fingerprint density at radius 2 is 1.80 bits per heavy atom. The van der Waals surface area contributed by atoms with Gasteiger partial charge in [-0.05, 0) is 31.2 Å². The normalized spacial score (nSPS) is 10.2. The van der Waals surface area contributed by atoms with E-state index in [1.165, 1.54) is 6.07 Å². The zero-order chi connectivity index (χ0) is 14.5. The Kier molecular flexibility index (Phi) is 4.30. The third-order valence-corrected chi connectivity index (χ3v) is 2.75. The minimum atomic E-state index is -0.403. The van der Waals surface area contributed by atoms with Crippen molar-refractivity contribution in [3.05, 3.63) is 42.2 Å². The molecule has 0 unspecified atom stereocenters. The van der Waals surface area contributed by atoms with Crippen LogP contribution in [0.4, 0.5) is 21.5 Å². The highest BCUT2D eigenvalue weighted by Gasteiger charge is 2.06. The topological polar surface area (TPSA) is 56.5 Å². The maximum Gasteiger partial charge on any atom is 0.167 e. The van der Waals surface area contributed by atoms with Crippen LogP contribution in [-0.4, -0.2) is 13.7 Å². The van der Waals surface area contributed by atoms with Gasteiger partial charge in [0.05, 0.1) is 19.4 Å². The molecule has 0 fully saturated rings. The average Bonchev–Trinajstić information content (AvgIpc) is 2.44. The highest BCUT2D eigenvalue weighted by Crippen LogP contribution is 2.28. The van der Waals surface area contributed by atoms with Crippen molar-refractivity contribution >= 4 is 17.1 Å². The molecule has 0 aliphatic heterocycles. The summed E-state index contributed by atoms with van der Waals surface area (Å²) in [6.07, 6.45) is 0. The van der Waals surface area contributed by atoms with E-state index in [1.807, 2.05) is 6.92 Å². The van der Waals surface area contributed by atoms with Crippen LogP contribution in [-0.2, 0) is 0 Å². The van der Waals surface area contributed by atoms with Crippen molar-refractivity contribution in [3.63, 3.8) is 0 Å². The maximum atomic E-state index is 13.7. The van der Waals surface area contributed by atoms with Crippen LogP contribution < -0.4 is 20.5 Å². The van der Waals surface area contributed by atoms with Crippen LogP contribution in [0.25, 0.3) is 0 Å². The van der Waals surface area contributed by atoms with Crippen LogP contribution in [0.3, 0.4) is 0 Å². The van der Waals surface area contributed by atoms with E-state index >= 15 is 0 Å². The van der Waals surface area contributed by atoms with Gasteiger partial charge in [0.15, 0.2) is 11.6 Å². The van der Waals surface area contributed by atoms with Gasteiger partial charge in [0, 0.05) is 23.5 Å². The number of methoxy groups -OCH3 is 1. The third kappa shape index (κ3) is 3.12. The molecule has 0 saturated heterocycles. The van der Waals surface area contributed by atoms with E-state index in [9.17, 15) is 4.39 Å². The second-order valence-electron chi connectivity index (χ2n) is 4.16. The van der Waals surface area contributed by atoms with Gasteiger partial charge in [-0.2, -0.15) is 0 Å². The highest BCUT2D eigenvalue weighted by molar-refractivity contribution is 5.67. The molecule has 2 rings (SSSR count). The van der Waals surface area contributed by atoms with Gasteiger partial charge in [-0.1, -0.05) is 0 Å². The van der Waals surface area contributed by atoms with Crippen molar-refractivity contribution in [1.82, 2.24) is 0 Å². The molecule has 0 radical (unpaired) electrons. The van der Waals surface area contributed by atoms with E-state index in [-0.39, 0.29) is 5.75 Å². The van der Waals surface area contributed by atoms with Gasteiger partial charge in [-0.3, -0.25) is 0 Å². The molecular formula is C15H17FN2O2. The summed E-state index contributed by atoms with van der Waals surface area (Å²) in [6.45, 7) is 2.24. The smallest absolute Gasteiger partial charge is 0.167 e. The lowest BCUT2D eigenvalue weighted by molar-refractivity contribution is 0.321. The summed E-state index contributed by atoms with van der Waals surface area (Å²) >= 11 is 0. The Morgan fingerprint density at radius 3 is 2.45 bits per heavy atom. The number of hydrogen-bond acceptors (Lipinski definition) is 4. The molecular weight excluding hydrogens is 259 g/mol. The van der Waals surface area contributed by atoms with Crippen molar-refractivity contribution < 1.29 is 13.9 Å². The van der Waals surface area contributed by atoms with Crippen LogP contribution in [0.1, 0.15) is 6.92 Å². The van der Waals surface area contributed by atoms with E-state index in [0.29, 0.717) is 23.7 Å². The van der Waals surface area contributed by atoms with E-state index in [2.05, 4.69) is 5.32 Å². The number of nitrogen functional groups attached to an aromatic ring is 1. The van der Waals surface area contributed by atoms with Crippen LogP contribution in [0, 0.1) is 5.82 Å². The van der Waals surface area contributed by atoms with E-state index in [0.717, 1.165) is 5.69 Å². The molecule has 0 amide bonds. The molecule has 0 heterocycles. The van der Waals surface area contributed by atoms with Gasteiger partial charge < -0.3 is 20.5 Å². The minimum Gasteiger partial charge on any atom is -0.495 e. The molecule has 20 heavy (non-hydrogen) atoms. The molecule has 4 nitrogen and oxygen atoms in total. The predicted octanol–water partition coefficient (Wildman–Crippen LogP) is 3.56. The Balaban J connectivity index is 2.19. The fourth-order valence-corrected chi connectivity index (χ4v) is 1.81. The second kappa shape index (κ2) is 6.14. The van der Waals surface area contributed by atoms with Gasteiger partial charge >= 0.3 is 0 Å². The summed E-state index contributed by atoms with van der Waals surface area (Å²) < 4.78 is 24.0. The standard InChI is InChI=1S/C15H17FN2O2/c1-3-20-14-7-5-10(8-12(14)16)18-11-4-6-13(17)15(9-11)19-2/h4-9,18H,3,17H2,1-2H3. The SMILES string of the molecule is CCOc1ccc(Nc2ccc(N)c(OC)c2)cc1F. The summed E-state index contributed by atoms with van der Waals surface area (Å²) in [7, 11) is 1.55. The number of ether oxygens (including phenoxy) is 2. The molecule has 0 bridgehead atoms. The lowest BCUT2D eigenvalue weighted by Gasteiger charge is -2.11. The Morgan fingerprint density at radius 1 is 1.10 bits per heavy atom. The fourth-order valence-electron chi connectivity index (χ4n) is 1.81. The first-order valence-electron chi connectivity index (χ1n) is 6.27. The molecule has 0 saturated carbocycles. The van der Waals surface area contributed by atoms with Crippen LogP contribution in [0.2, 0.25) is 0 Å². The third-order valence-electron chi connectivity index (χ3n) is 2.75. The fraction of sp³-hybridized carbons (Fsp3) is 0.200. The monoisotopic (exact) mass is 276 g/mol. The first-order valence-corrected chi connectivity index (χ1v) is 6.27. The number of nitrogens with two attached hydrogens (primary N) is 1. The molecule has 2 aromatic carbocycles. The van der Waals surface area contributed by atoms with Crippen molar-refractivity contribution in [2.24, 2.45) is 0 Å². The largest absolute Gasteiger partial charge is 0.495 e. The van der Waals surface area contributed by atoms with Crippen molar-refractivity contribution in [2.45, 2.75) is 6.92 Å². The van der Waals surface area contributed by atoms with E-state index in [4.69, 9.17) is 15.2 Å². The summed E-state index contributed by atoms with van der Waals surface area (Å²) in [4.78, 5) is 0. The Hall–Kier alpha value is -2.43. The molecule has 2 aromatic rings. The van der Waals surface area contributed by atoms with E-state index in [1.54, 1.807) is 37.4 Å². The summed E-state index contributed by atoms with van der Waals surface area (Å²) in [5.74, 6) is 0.411. The molecule has 5 heteroatoms. The van der Waals surface area contributed by atoms with Crippen molar-refractivity contribution in [2.75, 3.05) is 24.8 Å². The first-order chi connectivity index (χ1) is 9.63. The van der Waals surface area contributed by atoms with Crippen molar-refractivity contribution in [1.29, 1.82) is 0 Å². The lowest BCUT2D eigenvalue weighted by atomic mass is 10.2. The number of anilines is 3. The number of nitrogens with one attached hydrogen (secondary N) is 1. The molecule has 0 aliphatic rings. The summed E-state index contributed by atoms with van der Waals surface area (Å²) in [6, 6.07) is 10.0. The quantitative estimate of drug-likeness (QED) is 0.820. The van der Waals surface area contributed by atoms with Crippen molar-refractivity contribution in [3.8, 4) is 11.5 Å². The molecule has 0 aromatic heterocycles. The Bertz CT molecular complexity index is 602. The average molecular weight is 276 g/mol. The number of benzene rings is 2. The Labute approximate surface area is 117 Å². The first kappa shape index (κ1) is 14.0. The lowest BCUT2D eigenvalue weighted by Crippen LogP contribution is -1.97. The summed E-state index contributed by atoms with van der Waals surface area (Å²) in [5, 5.41) is 3.08. The van der Waals surface area contributed by atoms with Gasteiger partial charge in [0.25, 0.3) is 0 Å². The van der Waals surface area contributed by atoms with Crippen LogP contribution in [0.15, 0.2) is 36.4 Å². The number of hydrogen-bond donors (Lipinski definition) is 2. The van der Waals surface area contributed by atoms with Gasteiger partial charge in [-0.15, -0.1) is 0 Å². The number of halogens is 1. The zero-order valence-electron chi connectivity index (χ0n) is 11.4.